The number of hydrogen-bond donors (Lipinski definition) is 1. The molecule has 1 heterocycles. The van der Waals surface area contributed by atoms with Crippen molar-refractivity contribution in [3.63, 3.8) is 0 Å². The first-order chi connectivity index (χ1) is 23.4. The second-order valence-electron chi connectivity index (χ2n) is 12.4. The lowest BCUT2D eigenvalue weighted by Gasteiger charge is -2.35. The molecular formula is C31H32F12N6O2. The van der Waals surface area contributed by atoms with Gasteiger partial charge in [0.15, 0.2) is 0 Å². The van der Waals surface area contributed by atoms with Crippen molar-refractivity contribution in [1.29, 1.82) is 0 Å². The maximum atomic E-state index is 14.2. The molecule has 1 aliphatic rings. The van der Waals surface area contributed by atoms with Crippen molar-refractivity contribution in [2.75, 3.05) is 22.9 Å². The highest BCUT2D eigenvalue weighted by molar-refractivity contribution is 5.67. The van der Waals surface area contributed by atoms with Crippen molar-refractivity contribution in [2.24, 2.45) is 18.9 Å². The van der Waals surface area contributed by atoms with Crippen LogP contribution in [-0.2, 0) is 49.6 Å². The number of hydrogen-bond acceptors (Lipinski definition) is 6. The van der Waals surface area contributed by atoms with Gasteiger partial charge in [0, 0.05) is 38.3 Å². The van der Waals surface area contributed by atoms with Crippen molar-refractivity contribution in [3.8, 4) is 0 Å². The van der Waals surface area contributed by atoms with Gasteiger partial charge in [-0.05, 0) is 91.1 Å². The minimum atomic E-state index is -5.52. The van der Waals surface area contributed by atoms with Crippen LogP contribution in [0.4, 0.5) is 64.3 Å². The number of aromatic nitrogens is 4. The van der Waals surface area contributed by atoms with E-state index in [0.717, 1.165) is 9.70 Å². The van der Waals surface area contributed by atoms with Gasteiger partial charge in [-0.1, -0.05) is 5.10 Å². The van der Waals surface area contributed by atoms with Gasteiger partial charge in [-0.15, -0.1) is 5.10 Å². The van der Waals surface area contributed by atoms with Crippen molar-refractivity contribution in [2.45, 2.75) is 76.8 Å². The number of tetrazole rings is 1. The molecule has 20 heteroatoms. The summed E-state index contributed by atoms with van der Waals surface area (Å²) < 4.78 is 167. The van der Waals surface area contributed by atoms with Crippen LogP contribution in [0.3, 0.4) is 0 Å². The number of carboxylic acids is 1. The maximum absolute atomic E-state index is 14.2. The monoisotopic (exact) mass is 748 g/mol. The molecule has 2 aromatic carbocycles. The fraction of sp³-hybridized carbons (Fsp3) is 0.548. The third-order valence-corrected chi connectivity index (χ3v) is 8.62. The van der Waals surface area contributed by atoms with Crippen molar-refractivity contribution in [1.82, 2.24) is 20.2 Å². The van der Waals surface area contributed by atoms with E-state index in [9.17, 15) is 57.5 Å². The third kappa shape index (κ3) is 10.2. The number of anilines is 2. The van der Waals surface area contributed by atoms with Crippen LogP contribution in [-0.4, -0.2) is 44.4 Å². The Bertz CT molecular complexity index is 1640. The Kier molecular flexibility index (Phi) is 11.4. The number of aliphatic carboxylic acids is 1. The van der Waals surface area contributed by atoms with E-state index in [1.165, 1.54) is 11.9 Å². The first-order valence-electron chi connectivity index (χ1n) is 15.5. The molecule has 0 bridgehead atoms. The van der Waals surface area contributed by atoms with Gasteiger partial charge in [-0.25, -0.2) is 0 Å². The van der Waals surface area contributed by atoms with Crippen molar-refractivity contribution in [3.05, 3.63) is 63.7 Å². The van der Waals surface area contributed by atoms with Crippen LogP contribution < -0.4 is 9.80 Å². The minimum absolute atomic E-state index is 0.00329. The van der Waals surface area contributed by atoms with E-state index < -0.39 is 83.1 Å². The minimum Gasteiger partial charge on any atom is -0.481 e. The van der Waals surface area contributed by atoms with Gasteiger partial charge >= 0.3 is 30.7 Å². The molecule has 0 saturated heterocycles. The average Bonchev–Trinajstić information content (AvgIpc) is 3.44. The van der Waals surface area contributed by atoms with Gasteiger partial charge in [0.25, 0.3) is 5.95 Å². The van der Waals surface area contributed by atoms with E-state index in [-0.39, 0.29) is 49.2 Å². The number of carbonyl (C=O) groups is 1. The Balaban J connectivity index is 1.83. The molecule has 8 nitrogen and oxygen atoms in total. The number of aryl methyl sites for hydroxylation is 1. The smallest absolute Gasteiger partial charge is 0.417 e. The van der Waals surface area contributed by atoms with E-state index in [0.29, 0.717) is 43.9 Å². The first-order valence-corrected chi connectivity index (χ1v) is 15.5. The van der Waals surface area contributed by atoms with Crippen LogP contribution in [0.5, 0.6) is 0 Å². The molecule has 4 rings (SSSR count). The van der Waals surface area contributed by atoms with Gasteiger partial charge in [0.1, 0.15) is 0 Å². The number of carboxylic acid groups (broad SMARTS) is 1. The molecule has 3 aromatic rings. The normalized spacial score (nSPS) is 17.5. The molecule has 0 amide bonds. The van der Waals surface area contributed by atoms with Crippen LogP contribution in [0.2, 0.25) is 0 Å². The molecule has 1 aliphatic carbocycles. The van der Waals surface area contributed by atoms with Crippen molar-refractivity contribution < 1.29 is 62.6 Å². The molecule has 1 N–H and O–H groups in total. The lowest BCUT2D eigenvalue weighted by atomic mass is 9.80. The first kappa shape index (κ1) is 39.5. The summed E-state index contributed by atoms with van der Waals surface area (Å²) in [7, 11) is 1.26. The standard InChI is InChI=1S/C31H32F12N6O2/c1-3-48(14-18-6-4-17(5-7-18)10-26(50)51)25-13-24(31(41,42)43)23(30(38,39)40)11-20(25)16-49(27-44-46-47(2)45-27)15-19-8-21(28(32,33)34)12-22(9-19)29(35,36)37/h8-9,11-13,17-18H,3-7,10,14-16H2,1-2H3,(H,50,51)/t17-,18-. The zero-order valence-corrected chi connectivity index (χ0v) is 27.0. The number of alkyl halides is 12. The molecule has 1 aromatic heterocycles. The zero-order valence-electron chi connectivity index (χ0n) is 27.0. The molecule has 51 heavy (non-hydrogen) atoms. The summed E-state index contributed by atoms with van der Waals surface area (Å²) in [6.07, 6.45) is -19.5. The summed E-state index contributed by atoms with van der Waals surface area (Å²) in [6.45, 7) is -0.0232. The van der Waals surface area contributed by atoms with Crippen LogP contribution >= 0.6 is 0 Å². The Morgan fingerprint density at radius 3 is 1.75 bits per heavy atom. The summed E-state index contributed by atoms with van der Waals surface area (Å²) in [5, 5.41) is 20.3. The predicted molar refractivity (Wildman–Crippen MR) is 157 cm³/mol. The topological polar surface area (TPSA) is 87.4 Å². The van der Waals surface area contributed by atoms with Gasteiger partial charge in [-0.2, -0.15) is 57.5 Å². The fourth-order valence-electron chi connectivity index (χ4n) is 6.23. The molecule has 0 spiro atoms. The van der Waals surface area contributed by atoms with E-state index in [1.54, 1.807) is 6.92 Å². The molecular weight excluding hydrogens is 716 g/mol. The van der Waals surface area contributed by atoms with Gasteiger partial charge in [0.2, 0.25) is 0 Å². The second-order valence-corrected chi connectivity index (χ2v) is 12.4. The zero-order chi connectivity index (χ0) is 38.1. The Morgan fingerprint density at radius 2 is 1.29 bits per heavy atom. The quantitative estimate of drug-likeness (QED) is 0.197. The van der Waals surface area contributed by atoms with Crippen LogP contribution in [0.15, 0.2) is 30.3 Å². The van der Waals surface area contributed by atoms with Crippen LogP contribution in [0.25, 0.3) is 0 Å². The van der Waals surface area contributed by atoms with Gasteiger partial charge in [0.05, 0.1) is 29.3 Å². The number of rotatable bonds is 11. The lowest BCUT2D eigenvalue weighted by molar-refractivity contribution is -0.162. The van der Waals surface area contributed by atoms with E-state index in [2.05, 4.69) is 15.4 Å². The van der Waals surface area contributed by atoms with Crippen molar-refractivity contribution >= 4 is 17.6 Å². The second kappa shape index (κ2) is 14.8. The third-order valence-electron chi connectivity index (χ3n) is 8.62. The SMILES string of the molecule is CCN(C[C@H]1CC[C@H](CC(=O)O)CC1)c1cc(C(F)(F)F)c(C(F)(F)F)cc1CN(Cc1cc(C(F)(F)F)cc(C(F)(F)F)c1)c1nnn(C)n1. The van der Waals surface area contributed by atoms with Crippen LogP contribution in [0.1, 0.15) is 72.4 Å². The Labute approximate surface area is 283 Å². The van der Waals surface area contributed by atoms with E-state index in [4.69, 9.17) is 5.11 Å². The highest BCUT2D eigenvalue weighted by atomic mass is 19.4. The van der Waals surface area contributed by atoms with Gasteiger partial charge < -0.3 is 14.9 Å². The number of halogens is 12. The molecule has 0 radical (unpaired) electrons. The van der Waals surface area contributed by atoms with Crippen LogP contribution in [0, 0.1) is 11.8 Å². The molecule has 282 valence electrons. The summed E-state index contributed by atoms with van der Waals surface area (Å²) in [6, 6.07) is 1.32. The van der Waals surface area contributed by atoms with E-state index in [1.807, 2.05) is 0 Å². The fourth-order valence-corrected chi connectivity index (χ4v) is 6.23. The predicted octanol–water partition coefficient (Wildman–Crippen LogP) is 8.60. The lowest BCUT2D eigenvalue weighted by Crippen LogP contribution is -2.34. The Hall–Kier alpha value is -4.26. The highest BCUT2D eigenvalue weighted by Gasteiger charge is 2.44. The summed E-state index contributed by atoms with van der Waals surface area (Å²) in [5.41, 5.74) is -8.67. The van der Waals surface area contributed by atoms with Gasteiger partial charge in [-0.3, -0.25) is 4.79 Å². The summed E-state index contributed by atoms with van der Waals surface area (Å²) in [4.78, 5) is 14.3. The number of benzene rings is 2. The largest absolute Gasteiger partial charge is 0.481 e. The molecule has 1 fully saturated rings. The molecule has 0 atom stereocenters. The molecule has 0 aliphatic heterocycles. The summed E-state index contributed by atoms with van der Waals surface area (Å²) in [5.74, 6) is -1.72. The van der Waals surface area contributed by atoms with E-state index >= 15 is 0 Å². The average molecular weight is 749 g/mol. The molecule has 0 unspecified atom stereocenters. The maximum Gasteiger partial charge on any atom is 0.417 e. The number of nitrogens with zero attached hydrogens (tertiary/aromatic N) is 6. The summed E-state index contributed by atoms with van der Waals surface area (Å²) >= 11 is 0. The molecule has 1 saturated carbocycles. The Morgan fingerprint density at radius 1 is 0.765 bits per heavy atom. The highest BCUT2D eigenvalue weighted by Crippen LogP contribution is 2.45.